The van der Waals surface area contributed by atoms with Crippen molar-refractivity contribution in [2.24, 2.45) is 11.8 Å². The third-order valence-electron chi connectivity index (χ3n) is 5.08. The zero-order valence-electron chi connectivity index (χ0n) is 13.9. The average Bonchev–Trinajstić information content (AvgIpc) is 2.92. The second kappa shape index (κ2) is 6.86. The molecule has 3 heterocycles. The Balaban J connectivity index is 1.47. The molecule has 1 amide bonds. The summed E-state index contributed by atoms with van der Waals surface area (Å²) >= 11 is 0. The van der Waals surface area contributed by atoms with Gasteiger partial charge in [0.25, 0.3) is 0 Å². The number of carbonyl (C=O) groups excluding carboxylic acids is 1. The highest BCUT2D eigenvalue weighted by Gasteiger charge is 2.30. The second-order valence-electron chi connectivity index (χ2n) is 7.09. The molecule has 4 heteroatoms. The number of hydrogen-bond donors (Lipinski definition) is 0. The summed E-state index contributed by atoms with van der Waals surface area (Å²) in [6.07, 6.45) is 4.42. The Morgan fingerprint density at radius 3 is 2.64 bits per heavy atom. The fourth-order valence-corrected chi connectivity index (χ4v) is 3.78. The highest BCUT2D eigenvalue weighted by atomic mass is 16.3. The normalized spacial score (nSPS) is 24.6. The first-order chi connectivity index (χ1) is 10.6. The van der Waals surface area contributed by atoms with Crippen LogP contribution in [0.1, 0.15) is 44.1 Å². The number of furan rings is 1. The van der Waals surface area contributed by atoms with Crippen molar-refractivity contribution in [1.82, 2.24) is 9.80 Å². The largest absolute Gasteiger partial charge is 0.465 e. The highest BCUT2D eigenvalue weighted by molar-refractivity contribution is 5.79. The van der Waals surface area contributed by atoms with Crippen molar-refractivity contribution in [2.45, 2.75) is 46.1 Å². The molecule has 0 N–H and O–H groups in total. The van der Waals surface area contributed by atoms with Crippen molar-refractivity contribution in [1.29, 1.82) is 0 Å². The minimum absolute atomic E-state index is 0.236. The van der Waals surface area contributed by atoms with Gasteiger partial charge in [-0.05, 0) is 63.7 Å². The Morgan fingerprint density at radius 1 is 1.23 bits per heavy atom. The molecule has 0 spiro atoms. The fourth-order valence-electron chi connectivity index (χ4n) is 3.78. The maximum Gasteiger partial charge on any atom is 0.225 e. The van der Waals surface area contributed by atoms with Gasteiger partial charge in [0.15, 0.2) is 0 Å². The number of carbonyl (C=O) groups is 1. The first-order valence-corrected chi connectivity index (χ1v) is 8.68. The van der Waals surface area contributed by atoms with Gasteiger partial charge in [0.05, 0.1) is 6.54 Å². The number of hydrogen-bond acceptors (Lipinski definition) is 3. The molecule has 1 aromatic rings. The summed E-state index contributed by atoms with van der Waals surface area (Å²) in [6, 6.07) is 4.07. The molecule has 2 aliphatic heterocycles. The summed E-state index contributed by atoms with van der Waals surface area (Å²) in [5, 5.41) is 0. The van der Waals surface area contributed by atoms with Crippen molar-refractivity contribution in [3.63, 3.8) is 0 Å². The van der Waals surface area contributed by atoms with Crippen LogP contribution in [0.4, 0.5) is 0 Å². The van der Waals surface area contributed by atoms with Gasteiger partial charge in [-0.2, -0.15) is 0 Å². The second-order valence-corrected chi connectivity index (χ2v) is 7.09. The predicted molar refractivity (Wildman–Crippen MR) is 86.4 cm³/mol. The minimum Gasteiger partial charge on any atom is -0.465 e. The molecule has 3 rings (SSSR count). The lowest BCUT2D eigenvalue weighted by atomic mass is 9.92. The van der Waals surface area contributed by atoms with E-state index in [0.717, 1.165) is 57.1 Å². The molecule has 2 saturated heterocycles. The van der Waals surface area contributed by atoms with Crippen LogP contribution in [-0.4, -0.2) is 41.9 Å². The summed E-state index contributed by atoms with van der Waals surface area (Å²) in [6.45, 7) is 9.04. The van der Waals surface area contributed by atoms with E-state index in [4.69, 9.17) is 4.42 Å². The van der Waals surface area contributed by atoms with Crippen LogP contribution in [0.25, 0.3) is 0 Å². The lowest BCUT2D eigenvalue weighted by Gasteiger charge is -2.37. The summed E-state index contributed by atoms with van der Waals surface area (Å²) in [7, 11) is 0. The average molecular weight is 304 g/mol. The van der Waals surface area contributed by atoms with Gasteiger partial charge >= 0.3 is 0 Å². The van der Waals surface area contributed by atoms with E-state index in [1.54, 1.807) is 0 Å². The molecule has 0 radical (unpaired) electrons. The number of amides is 1. The number of likely N-dealkylation sites (tertiary alicyclic amines) is 2. The van der Waals surface area contributed by atoms with Gasteiger partial charge in [0.2, 0.25) is 5.91 Å². The standard InChI is InChI=1S/C18H28N2O2/c1-14-4-3-9-20(12-14)18(21)16-7-10-19(11-8-16)13-17-6-5-15(2)22-17/h5-6,14,16H,3-4,7-13H2,1-2H3. The Labute approximate surface area is 133 Å². The van der Waals surface area contributed by atoms with Crippen LogP contribution in [0, 0.1) is 18.8 Å². The summed E-state index contributed by atoms with van der Waals surface area (Å²) in [5.41, 5.74) is 0. The fraction of sp³-hybridized carbons (Fsp3) is 0.722. The molecule has 0 aromatic carbocycles. The van der Waals surface area contributed by atoms with Crippen molar-refractivity contribution in [2.75, 3.05) is 26.2 Å². The predicted octanol–water partition coefficient (Wildman–Crippen LogP) is 3.06. The SMILES string of the molecule is Cc1ccc(CN2CCC(C(=O)N3CCCC(C)C3)CC2)o1. The van der Waals surface area contributed by atoms with Crippen LogP contribution < -0.4 is 0 Å². The van der Waals surface area contributed by atoms with Crippen LogP contribution in [0.15, 0.2) is 16.5 Å². The van der Waals surface area contributed by atoms with E-state index >= 15 is 0 Å². The van der Waals surface area contributed by atoms with Gasteiger partial charge in [-0.15, -0.1) is 0 Å². The van der Waals surface area contributed by atoms with E-state index in [-0.39, 0.29) is 5.92 Å². The van der Waals surface area contributed by atoms with Crippen molar-refractivity contribution >= 4 is 5.91 Å². The van der Waals surface area contributed by atoms with Crippen LogP contribution in [0.3, 0.4) is 0 Å². The van der Waals surface area contributed by atoms with Gasteiger partial charge < -0.3 is 9.32 Å². The molecule has 4 nitrogen and oxygen atoms in total. The van der Waals surface area contributed by atoms with Gasteiger partial charge in [0.1, 0.15) is 11.5 Å². The number of rotatable bonds is 3. The molecule has 0 bridgehead atoms. The highest BCUT2D eigenvalue weighted by Crippen LogP contribution is 2.24. The third-order valence-corrected chi connectivity index (χ3v) is 5.08. The van der Waals surface area contributed by atoms with Gasteiger partial charge in [0, 0.05) is 19.0 Å². The Morgan fingerprint density at radius 2 is 2.00 bits per heavy atom. The topological polar surface area (TPSA) is 36.7 Å². The molecule has 0 aliphatic carbocycles. The number of aryl methyl sites for hydroxylation is 1. The van der Waals surface area contributed by atoms with Crippen LogP contribution >= 0.6 is 0 Å². The van der Waals surface area contributed by atoms with E-state index in [0.29, 0.717) is 11.8 Å². The maximum absolute atomic E-state index is 12.7. The monoisotopic (exact) mass is 304 g/mol. The molecular weight excluding hydrogens is 276 g/mol. The van der Waals surface area contributed by atoms with Crippen molar-refractivity contribution < 1.29 is 9.21 Å². The van der Waals surface area contributed by atoms with Gasteiger partial charge in [-0.1, -0.05) is 6.92 Å². The van der Waals surface area contributed by atoms with E-state index in [1.807, 2.05) is 13.0 Å². The molecule has 0 saturated carbocycles. The molecule has 1 atom stereocenters. The van der Waals surface area contributed by atoms with E-state index < -0.39 is 0 Å². The van der Waals surface area contributed by atoms with E-state index in [1.165, 1.54) is 12.8 Å². The minimum atomic E-state index is 0.236. The molecule has 1 aromatic heterocycles. The third kappa shape index (κ3) is 3.72. The lowest BCUT2D eigenvalue weighted by molar-refractivity contribution is -0.138. The number of piperidine rings is 2. The van der Waals surface area contributed by atoms with E-state index in [2.05, 4.69) is 22.8 Å². The van der Waals surface area contributed by atoms with Crippen molar-refractivity contribution in [3.8, 4) is 0 Å². The molecule has 1 unspecified atom stereocenters. The Kier molecular flexibility index (Phi) is 4.87. The van der Waals surface area contributed by atoms with Crippen molar-refractivity contribution in [3.05, 3.63) is 23.7 Å². The van der Waals surface area contributed by atoms with Crippen LogP contribution in [0.5, 0.6) is 0 Å². The first kappa shape index (κ1) is 15.6. The quantitative estimate of drug-likeness (QED) is 0.861. The molecule has 2 fully saturated rings. The maximum atomic E-state index is 12.7. The Bertz CT molecular complexity index is 503. The Hall–Kier alpha value is -1.29. The summed E-state index contributed by atoms with van der Waals surface area (Å²) < 4.78 is 5.65. The summed E-state index contributed by atoms with van der Waals surface area (Å²) in [4.78, 5) is 17.2. The molecule has 2 aliphatic rings. The molecular formula is C18H28N2O2. The van der Waals surface area contributed by atoms with Crippen LogP contribution in [0.2, 0.25) is 0 Å². The van der Waals surface area contributed by atoms with Crippen LogP contribution in [-0.2, 0) is 11.3 Å². The zero-order valence-corrected chi connectivity index (χ0v) is 13.9. The zero-order chi connectivity index (χ0) is 15.5. The van der Waals surface area contributed by atoms with Gasteiger partial charge in [-0.25, -0.2) is 0 Å². The molecule has 122 valence electrons. The van der Waals surface area contributed by atoms with E-state index in [9.17, 15) is 4.79 Å². The van der Waals surface area contributed by atoms with Gasteiger partial charge in [-0.3, -0.25) is 9.69 Å². The lowest BCUT2D eigenvalue weighted by Crippen LogP contribution is -2.45. The molecule has 22 heavy (non-hydrogen) atoms. The number of nitrogens with zero attached hydrogens (tertiary/aromatic N) is 2. The smallest absolute Gasteiger partial charge is 0.225 e. The first-order valence-electron chi connectivity index (χ1n) is 8.68. The summed E-state index contributed by atoms with van der Waals surface area (Å²) in [5.74, 6) is 3.31.